The van der Waals surface area contributed by atoms with Gasteiger partial charge in [-0.3, -0.25) is 4.90 Å². The van der Waals surface area contributed by atoms with Crippen LogP contribution < -0.4 is 5.73 Å². The lowest BCUT2D eigenvalue weighted by Gasteiger charge is -2.35. The summed E-state index contributed by atoms with van der Waals surface area (Å²) in [5.74, 6) is 0.707. The summed E-state index contributed by atoms with van der Waals surface area (Å²) in [4.78, 5) is 2.65. The molecule has 1 aromatic carbocycles. The minimum Gasteiger partial charge on any atom is -0.329 e. The molecule has 1 aromatic rings. The highest BCUT2D eigenvalue weighted by molar-refractivity contribution is 5.38. The lowest BCUT2D eigenvalue weighted by molar-refractivity contribution is 0.149. The van der Waals surface area contributed by atoms with Gasteiger partial charge in [-0.1, -0.05) is 26.0 Å². The molecule has 0 saturated carbocycles. The van der Waals surface area contributed by atoms with Gasteiger partial charge in [-0.25, -0.2) is 0 Å². The summed E-state index contributed by atoms with van der Waals surface area (Å²) in [6, 6.07) is 5.74. The second-order valence-electron chi connectivity index (χ2n) is 6.74. The number of benzene rings is 1. The third-order valence-corrected chi connectivity index (χ3v) is 4.98. The van der Waals surface area contributed by atoms with E-state index in [1.807, 2.05) is 0 Å². The fourth-order valence-electron chi connectivity index (χ4n) is 3.70. The predicted molar refractivity (Wildman–Crippen MR) is 87.0 cm³/mol. The molecule has 2 atom stereocenters. The van der Waals surface area contributed by atoms with E-state index >= 15 is 0 Å². The smallest absolute Gasteiger partial charge is 0.0476 e. The molecule has 2 unspecified atom stereocenters. The van der Waals surface area contributed by atoms with Crippen LogP contribution in [0.5, 0.6) is 0 Å². The third kappa shape index (κ3) is 2.91. The fourth-order valence-corrected chi connectivity index (χ4v) is 3.70. The molecule has 2 heteroatoms. The van der Waals surface area contributed by atoms with Crippen molar-refractivity contribution < 1.29 is 0 Å². The fraction of sp³-hybridized carbons (Fsp3) is 0.667. The number of hydrogen-bond donors (Lipinski definition) is 1. The first-order valence-corrected chi connectivity index (χ1v) is 7.99. The molecule has 0 aliphatic carbocycles. The van der Waals surface area contributed by atoms with E-state index in [1.165, 1.54) is 41.6 Å². The van der Waals surface area contributed by atoms with Crippen LogP contribution in [0.2, 0.25) is 0 Å². The maximum Gasteiger partial charge on any atom is 0.0476 e. The topological polar surface area (TPSA) is 29.3 Å². The SMILES string of the molecule is Cc1cc(C)c(C(CN)N2CCCC2C(C)C)cc1C. The summed E-state index contributed by atoms with van der Waals surface area (Å²) in [7, 11) is 0. The van der Waals surface area contributed by atoms with Crippen LogP contribution in [0, 0.1) is 26.7 Å². The van der Waals surface area contributed by atoms with E-state index in [4.69, 9.17) is 5.73 Å². The van der Waals surface area contributed by atoms with E-state index in [9.17, 15) is 0 Å². The summed E-state index contributed by atoms with van der Waals surface area (Å²) in [5, 5.41) is 0. The summed E-state index contributed by atoms with van der Waals surface area (Å²) in [5.41, 5.74) is 11.7. The monoisotopic (exact) mass is 274 g/mol. The van der Waals surface area contributed by atoms with Crippen molar-refractivity contribution in [3.63, 3.8) is 0 Å². The van der Waals surface area contributed by atoms with Crippen molar-refractivity contribution in [1.29, 1.82) is 0 Å². The van der Waals surface area contributed by atoms with Crippen LogP contribution in [0.25, 0.3) is 0 Å². The molecule has 2 N–H and O–H groups in total. The molecule has 1 heterocycles. The van der Waals surface area contributed by atoms with Crippen molar-refractivity contribution in [2.24, 2.45) is 11.7 Å². The number of rotatable bonds is 4. The summed E-state index contributed by atoms with van der Waals surface area (Å²) < 4.78 is 0. The molecule has 2 rings (SSSR count). The largest absolute Gasteiger partial charge is 0.329 e. The van der Waals surface area contributed by atoms with Gasteiger partial charge in [-0.15, -0.1) is 0 Å². The first kappa shape index (κ1) is 15.5. The zero-order valence-electron chi connectivity index (χ0n) is 13.7. The van der Waals surface area contributed by atoms with E-state index < -0.39 is 0 Å². The third-order valence-electron chi connectivity index (χ3n) is 4.98. The molecule has 1 fully saturated rings. The number of nitrogens with two attached hydrogens (primary N) is 1. The number of hydrogen-bond acceptors (Lipinski definition) is 2. The zero-order chi connectivity index (χ0) is 14.9. The molecule has 0 aromatic heterocycles. The first-order chi connectivity index (χ1) is 9.45. The van der Waals surface area contributed by atoms with Crippen LogP contribution in [-0.2, 0) is 0 Å². The Hall–Kier alpha value is -0.860. The average molecular weight is 274 g/mol. The number of nitrogens with zero attached hydrogens (tertiary/aromatic N) is 1. The van der Waals surface area contributed by atoms with Gasteiger partial charge in [0.25, 0.3) is 0 Å². The van der Waals surface area contributed by atoms with Gasteiger partial charge in [0, 0.05) is 18.6 Å². The van der Waals surface area contributed by atoms with Crippen LogP contribution in [0.3, 0.4) is 0 Å². The molecule has 0 spiro atoms. The second kappa shape index (κ2) is 6.28. The van der Waals surface area contributed by atoms with Crippen molar-refractivity contribution >= 4 is 0 Å². The van der Waals surface area contributed by atoms with Crippen LogP contribution in [0.4, 0.5) is 0 Å². The molecule has 1 aliphatic heterocycles. The molecule has 20 heavy (non-hydrogen) atoms. The Labute approximate surface area is 124 Å². The van der Waals surface area contributed by atoms with Crippen molar-refractivity contribution in [2.45, 2.75) is 59.5 Å². The minimum absolute atomic E-state index is 0.379. The normalized spacial score (nSPS) is 21.6. The minimum atomic E-state index is 0.379. The van der Waals surface area contributed by atoms with E-state index in [0.29, 0.717) is 24.5 Å². The van der Waals surface area contributed by atoms with Crippen molar-refractivity contribution in [3.05, 3.63) is 34.4 Å². The van der Waals surface area contributed by atoms with E-state index in [2.05, 4.69) is 51.7 Å². The summed E-state index contributed by atoms with van der Waals surface area (Å²) in [6.45, 7) is 13.2. The van der Waals surface area contributed by atoms with Gasteiger partial charge in [0.05, 0.1) is 0 Å². The molecule has 112 valence electrons. The van der Waals surface area contributed by atoms with Gasteiger partial charge < -0.3 is 5.73 Å². The van der Waals surface area contributed by atoms with Gasteiger partial charge in [-0.2, -0.15) is 0 Å². The molecular formula is C18H30N2. The zero-order valence-corrected chi connectivity index (χ0v) is 13.7. The Kier molecular flexibility index (Phi) is 4.87. The quantitative estimate of drug-likeness (QED) is 0.906. The Morgan fingerprint density at radius 1 is 1.15 bits per heavy atom. The van der Waals surface area contributed by atoms with Crippen molar-refractivity contribution in [3.8, 4) is 0 Å². The summed E-state index contributed by atoms with van der Waals surface area (Å²) in [6.07, 6.45) is 2.63. The Bertz CT molecular complexity index is 465. The van der Waals surface area contributed by atoms with Crippen LogP contribution in [0.15, 0.2) is 12.1 Å². The number of aryl methyl sites for hydroxylation is 3. The molecule has 0 amide bonds. The van der Waals surface area contributed by atoms with Gasteiger partial charge in [0.1, 0.15) is 0 Å². The maximum absolute atomic E-state index is 6.16. The highest BCUT2D eigenvalue weighted by Gasteiger charge is 2.33. The van der Waals surface area contributed by atoms with Crippen LogP contribution in [0.1, 0.15) is 55.0 Å². The standard InChI is InChI=1S/C18H30N2/c1-12(2)17-7-6-8-20(17)18(11-19)16-10-14(4)13(3)9-15(16)5/h9-10,12,17-18H,6-8,11,19H2,1-5H3. The van der Waals surface area contributed by atoms with E-state index in [1.54, 1.807) is 0 Å². The first-order valence-electron chi connectivity index (χ1n) is 7.99. The lowest BCUT2D eigenvalue weighted by Crippen LogP contribution is -2.40. The second-order valence-corrected chi connectivity index (χ2v) is 6.74. The average Bonchev–Trinajstić information content (AvgIpc) is 2.85. The van der Waals surface area contributed by atoms with Gasteiger partial charge >= 0.3 is 0 Å². The Morgan fingerprint density at radius 3 is 2.40 bits per heavy atom. The van der Waals surface area contributed by atoms with Crippen LogP contribution >= 0.6 is 0 Å². The Balaban J connectivity index is 2.35. The van der Waals surface area contributed by atoms with Crippen molar-refractivity contribution in [1.82, 2.24) is 4.90 Å². The summed E-state index contributed by atoms with van der Waals surface area (Å²) >= 11 is 0. The van der Waals surface area contributed by atoms with Gasteiger partial charge in [-0.05, 0) is 68.3 Å². The predicted octanol–water partition coefficient (Wildman–Crippen LogP) is 3.73. The molecule has 2 nitrogen and oxygen atoms in total. The molecule has 0 bridgehead atoms. The lowest BCUT2D eigenvalue weighted by atomic mass is 9.93. The number of likely N-dealkylation sites (tertiary alicyclic amines) is 1. The molecule has 0 radical (unpaired) electrons. The highest BCUT2D eigenvalue weighted by Crippen LogP contribution is 2.34. The van der Waals surface area contributed by atoms with Gasteiger partial charge in [0.15, 0.2) is 0 Å². The molecule has 1 aliphatic rings. The molecular weight excluding hydrogens is 244 g/mol. The van der Waals surface area contributed by atoms with Crippen LogP contribution in [-0.4, -0.2) is 24.0 Å². The van der Waals surface area contributed by atoms with E-state index in [-0.39, 0.29) is 0 Å². The van der Waals surface area contributed by atoms with Crippen molar-refractivity contribution in [2.75, 3.05) is 13.1 Å². The van der Waals surface area contributed by atoms with E-state index in [0.717, 1.165) is 0 Å². The highest BCUT2D eigenvalue weighted by atomic mass is 15.2. The van der Waals surface area contributed by atoms with Gasteiger partial charge in [0.2, 0.25) is 0 Å². The maximum atomic E-state index is 6.16. The Morgan fingerprint density at radius 2 is 1.80 bits per heavy atom. The molecule has 1 saturated heterocycles.